The zero-order valence-electron chi connectivity index (χ0n) is 8.83. The van der Waals surface area contributed by atoms with Crippen LogP contribution in [-0.2, 0) is 24.6 Å². The summed E-state index contributed by atoms with van der Waals surface area (Å²) in [6, 6.07) is 0. The molecule has 0 aromatic heterocycles. The zero-order valence-corrected chi connectivity index (χ0v) is 10.9. The predicted octanol–water partition coefficient (Wildman–Crippen LogP) is -1.93. The van der Waals surface area contributed by atoms with Crippen molar-refractivity contribution in [2.75, 3.05) is 13.2 Å². The van der Waals surface area contributed by atoms with Crippen LogP contribution in [0, 0.1) is 0 Å². The van der Waals surface area contributed by atoms with Gasteiger partial charge in [-0.1, -0.05) is 0 Å². The molecule has 2 unspecified atom stereocenters. The Kier molecular flexibility index (Phi) is 3.68. The fourth-order valence-corrected chi connectivity index (χ4v) is 5.38. The van der Waals surface area contributed by atoms with Crippen molar-refractivity contribution < 1.29 is 34.9 Å². The molecule has 96 valence electrons. The SMILES string of the molecule is O=C1CC(O)C[O][Ge]2([O]CC(O)CC(=O)[O]2)[O]1. The maximum atomic E-state index is 11.3. The number of hydrogen-bond donors (Lipinski definition) is 2. The number of rotatable bonds is 0. The molecule has 2 saturated heterocycles. The van der Waals surface area contributed by atoms with Gasteiger partial charge in [0.1, 0.15) is 0 Å². The van der Waals surface area contributed by atoms with Crippen LogP contribution in [0.4, 0.5) is 0 Å². The summed E-state index contributed by atoms with van der Waals surface area (Å²) in [7, 11) is 0. The molecule has 0 radical (unpaired) electrons. The van der Waals surface area contributed by atoms with Gasteiger partial charge in [0.25, 0.3) is 0 Å². The van der Waals surface area contributed by atoms with Crippen LogP contribution in [0.15, 0.2) is 0 Å². The average molecular weight is 309 g/mol. The summed E-state index contributed by atoms with van der Waals surface area (Å²) in [6.07, 6.45) is -2.50. The average Bonchev–Trinajstić information content (AvgIpc) is 2.43. The molecule has 2 fully saturated rings. The molecule has 17 heavy (non-hydrogen) atoms. The first-order chi connectivity index (χ1) is 7.99. The van der Waals surface area contributed by atoms with E-state index in [-0.39, 0.29) is 26.1 Å². The fourth-order valence-electron chi connectivity index (χ4n) is 1.44. The van der Waals surface area contributed by atoms with Crippen LogP contribution in [0.3, 0.4) is 0 Å². The molecule has 2 N–H and O–H groups in total. The number of aliphatic hydroxyl groups is 2. The van der Waals surface area contributed by atoms with Crippen LogP contribution >= 0.6 is 0 Å². The van der Waals surface area contributed by atoms with E-state index in [4.69, 9.17) is 15.1 Å². The summed E-state index contributed by atoms with van der Waals surface area (Å²) in [5.74, 6) is -1.47. The molecule has 0 aromatic rings. The van der Waals surface area contributed by atoms with Gasteiger partial charge in [-0.25, -0.2) is 0 Å². The Balaban J connectivity index is 2.15. The quantitative estimate of drug-likeness (QED) is 0.498. The van der Waals surface area contributed by atoms with E-state index >= 15 is 0 Å². The van der Waals surface area contributed by atoms with Gasteiger partial charge in [-0.05, 0) is 0 Å². The molecule has 8 nitrogen and oxygen atoms in total. The summed E-state index contributed by atoms with van der Waals surface area (Å²) in [5.41, 5.74) is 0. The third-order valence-electron chi connectivity index (χ3n) is 2.19. The molecular weight excluding hydrogens is 297 g/mol. The standard InChI is InChI=1S/C8H12GeO8/c10-5-1-7(12)16-9(14-3-5)15-4-6(11)2-8(13)17-9/h5-6,10-11H,1-4H2. The van der Waals surface area contributed by atoms with Crippen LogP contribution < -0.4 is 0 Å². The Morgan fingerprint density at radius 3 is 1.76 bits per heavy atom. The normalized spacial score (nSPS) is 39.2. The number of hydrogen-bond acceptors (Lipinski definition) is 8. The van der Waals surface area contributed by atoms with Gasteiger partial charge in [-0.2, -0.15) is 0 Å². The van der Waals surface area contributed by atoms with E-state index in [9.17, 15) is 19.8 Å². The van der Waals surface area contributed by atoms with Crippen molar-refractivity contribution in [1.29, 1.82) is 0 Å². The topological polar surface area (TPSA) is 112 Å². The summed E-state index contributed by atoms with van der Waals surface area (Å²) >= 11 is -4.46. The van der Waals surface area contributed by atoms with Crippen LogP contribution in [0.1, 0.15) is 12.8 Å². The number of carbonyl (C=O) groups excluding carboxylic acids is 2. The van der Waals surface area contributed by atoms with Crippen LogP contribution in [0.5, 0.6) is 0 Å². The van der Waals surface area contributed by atoms with Gasteiger partial charge < -0.3 is 0 Å². The number of aliphatic hydroxyl groups excluding tert-OH is 2. The van der Waals surface area contributed by atoms with Gasteiger partial charge in [0, 0.05) is 0 Å². The van der Waals surface area contributed by atoms with Gasteiger partial charge in [0.2, 0.25) is 0 Å². The first-order valence-electron chi connectivity index (χ1n) is 5.07. The van der Waals surface area contributed by atoms with Crippen molar-refractivity contribution in [2.45, 2.75) is 25.0 Å². The fraction of sp³-hybridized carbons (Fsp3) is 0.750. The van der Waals surface area contributed by atoms with Crippen molar-refractivity contribution in [3.63, 3.8) is 0 Å². The van der Waals surface area contributed by atoms with E-state index < -0.39 is 38.8 Å². The summed E-state index contributed by atoms with van der Waals surface area (Å²) in [5, 5.41) is 18.6. The minimum absolute atomic E-state index is 0.199. The molecule has 1 spiro atoms. The van der Waals surface area contributed by atoms with E-state index in [1.54, 1.807) is 0 Å². The van der Waals surface area contributed by atoms with Crippen molar-refractivity contribution >= 4 is 26.6 Å². The van der Waals surface area contributed by atoms with E-state index in [1.165, 1.54) is 0 Å². The van der Waals surface area contributed by atoms with Gasteiger partial charge in [0.15, 0.2) is 0 Å². The number of carbonyl (C=O) groups is 2. The first kappa shape index (κ1) is 12.8. The molecule has 2 rings (SSSR count). The van der Waals surface area contributed by atoms with E-state index in [0.29, 0.717) is 0 Å². The second kappa shape index (κ2) is 4.90. The molecule has 2 aliphatic heterocycles. The monoisotopic (exact) mass is 310 g/mol. The second-order valence-electron chi connectivity index (χ2n) is 3.79. The van der Waals surface area contributed by atoms with E-state index in [2.05, 4.69) is 0 Å². The molecule has 0 aromatic carbocycles. The van der Waals surface area contributed by atoms with Gasteiger partial charge in [-0.3, -0.25) is 0 Å². The van der Waals surface area contributed by atoms with Crippen LogP contribution in [0.25, 0.3) is 0 Å². The Labute approximate surface area is 100 Å². The third-order valence-corrected chi connectivity index (χ3v) is 6.37. The molecular formula is C8H12GeO8. The summed E-state index contributed by atoms with van der Waals surface area (Å²) in [4.78, 5) is 22.6. The molecule has 2 aliphatic rings. The third kappa shape index (κ3) is 3.16. The Hall–Kier alpha value is -0.677. The molecule has 0 amide bonds. The van der Waals surface area contributed by atoms with Crippen LogP contribution in [0.2, 0.25) is 0 Å². The summed E-state index contributed by atoms with van der Waals surface area (Å²) < 4.78 is 20.1. The predicted molar refractivity (Wildman–Crippen MR) is 51.1 cm³/mol. The zero-order chi connectivity index (χ0) is 12.5. The molecule has 9 heteroatoms. The Morgan fingerprint density at radius 1 is 0.941 bits per heavy atom. The van der Waals surface area contributed by atoms with Gasteiger partial charge in [0.05, 0.1) is 0 Å². The van der Waals surface area contributed by atoms with Gasteiger partial charge >= 0.3 is 99.7 Å². The maximum absolute atomic E-state index is 11.3. The molecule has 0 aliphatic carbocycles. The minimum atomic E-state index is -4.46. The Bertz CT molecular complexity index is 299. The van der Waals surface area contributed by atoms with Crippen LogP contribution in [-0.4, -0.2) is 62.2 Å². The van der Waals surface area contributed by atoms with Gasteiger partial charge in [-0.15, -0.1) is 0 Å². The molecule has 0 saturated carbocycles. The second-order valence-corrected chi connectivity index (χ2v) is 7.95. The molecule has 2 heterocycles. The van der Waals surface area contributed by atoms with Crippen molar-refractivity contribution in [3.8, 4) is 0 Å². The summed E-state index contributed by atoms with van der Waals surface area (Å²) in [6.45, 7) is -0.399. The molecule has 0 bridgehead atoms. The Morgan fingerprint density at radius 2 is 1.35 bits per heavy atom. The first-order valence-corrected chi connectivity index (χ1v) is 8.49. The van der Waals surface area contributed by atoms with E-state index in [1.807, 2.05) is 0 Å². The molecule has 2 atom stereocenters. The van der Waals surface area contributed by atoms with Crippen molar-refractivity contribution in [1.82, 2.24) is 0 Å². The van der Waals surface area contributed by atoms with E-state index in [0.717, 1.165) is 0 Å². The van der Waals surface area contributed by atoms with Crippen molar-refractivity contribution in [2.24, 2.45) is 0 Å². The van der Waals surface area contributed by atoms with Crippen molar-refractivity contribution in [3.05, 3.63) is 0 Å².